The van der Waals surface area contributed by atoms with E-state index in [-0.39, 0.29) is 0 Å². The van der Waals surface area contributed by atoms with Crippen molar-refractivity contribution in [2.75, 3.05) is 11.5 Å². The fourth-order valence-corrected chi connectivity index (χ4v) is 3.53. The quantitative estimate of drug-likeness (QED) is 0.708. The Morgan fingerprint density at radius 2 is 2.17 bits per heavy atom. The van der Waals surface area contributed by atoms with E-state index in [0.29, 0.717) is 0 Å². The predicted molar refractivity (Wildman–Crippen MR) is 55.7 cm³/mol. The molecule has 2 rings (SSSR count). The van der Waals surface area contributed by atoms with Crippen molar-refractivity contribution in [1.82, 2.24) is 5.32 Å². The summed E-state index contributed by atoms with van der Waals surface area (Å²) in [5.74, 6) is 3.65. The monoisotopic (exact) mass is 185 g/mol. The minimum Gasteiger partial charge on any atom is -0.310 e. The summed E-state index contributed by atoms with van der Waals surface area (Å²) in [6, 6.07) is 1.68. The van der Waals surface area contributed by atoms with Crippen LogP contribution in [0.25, 0.3) is 0 Å². The van der Waals surface area contributed by atoms with Crippen molar-refractivity contribution in [3.05, 3.63) is 0 Å². The summed E-state index contributed by atoms with van der Waals surface area (Å²) in [4.78, 5) is 0. The van der Waals surface area contributed by atoms with Crippen LogP contribution in [0.4, 0.5) is 0 Å². The molecule has 3 atom stereocenters. The van der Waals surface area contributed by atoms with Crippen molar-refractivity contribution >= 4 is 11.8 Å². The molecule has 2 heteroatoms. The molecule has 0 amide bonds. The molecule has 1 N–H and O–H groups in total. The van der Waals surface area contributed by atoms with E-state index in [0.717, 1.165) is 18.0 Å². The molecule has 70 valence electrons. The number of rotatable bonds is 2. The highest BCUT2D eigenvalue weighted by Gasteiger charge is 2.26. The minimum absolute atomic E-state index is 0.834. The van der Waals surface area contributed by atoms with E-state index >= 15 is 0 Å². The fraction of sp³-hybridized carbons (Fsp3) is 1.00. The van der Waals surface area contributed by atoms with Crippen molar-refractivity contribution in [3.8, 4) is 0 Å². The fourth-order valence-electron chi connectivity index (χ4n) is 2.36. The first-order valence-corrected chi connectivity index (χ1v) is 6.35. The van der Waals surface area contributed by atoms with Crippen LogP contribution >= 0.6 is 11.8 Å². The van der Waals surface area contributed by atoms with Crippen LogP contribution in [0.2, 0.25) is 0 Å². The Bertz CT molecular complexity index is 143. The summed E-state index contributed by atoms with van der Waals surface area (Å²) in [7, 11) is 0. The van der Waals surface area contributed by atoms with Gasteiger partial charge in [0, 0.05) is 17.8 Å². The molecule has 0 spiro atoms. The van der Waals surface area contributed by atoms with Crippen molar-refractivity contribution in [1.29, 1.82) is 0 Å². The zero-order valence-corrected chi connectivity index (χ0v) is 8.70. The highest BCUT2D eigenvalue weighted by Crippen LogP contribution is 2.27. The van der Waals surface area contributed by atoms with Gasteiger partial charge in [-0.05, 0) is 30.9 Å². The smallest absolute Gasteiger partial charge is 0.0168 e. The Balaban J connectivity index is 1.77. The van der Waals surface area contributed by atoms with Gasteiger partial charge in [0.25, 0.3) is 0 Å². The van der Waals surface area contributed by atoms with Crippen molar-refractivity contribution in [2.45, 2.75) is 44.7 Å². The lowest BCUT2D eigenvalue weighted by Gasteiger charge is -2.21. The number of hydrogen-bond donors (Lipinski definition) is 1. The van der Waals surface area contributed by atoms with Crippen molar-refractivity contribution < 1.29 is 0 Å². The van der Waals surface area contributed by atoms with Gasteiger partial charge in [-0.15, -0.1) is 0 Å². The van der Waals surface area contributed by atoms with Crippen LogP contribution < -0.4 is 5.32 Å². The van der Waals surface area contributed by atoms with Gasteiger partial charge in [-0.1, -0.05) is 13.3 Å². The highest BCUT2D eigenvalue weighted by molar-refractivity contribution is 7.99. The van der Waals surface area contributed by atoms with E-state index in [1.54, 1.807) is 0 Å². The molecule has 0 bridgehead atoms. The lowest BCUT2D eigenvalue weighted by atomic mass is 10.1. The summed E-state index contributed by atoms with van der Waals surface area (Å²) in [5, 5.41) is 3.81. The molecule has 1 nitrogen and oxygen atoms in total. The largest absolute Gasteiger partial charge is 0.310 e. The summed E-state index contributed by atoms with van der Waals surface area (Å²) in [5.41, 5.74) is 0. The Morgan fingerprint density at radius 3 is 2.75 bits per heavy atom. The van der Waals surface area contributed by atoms with Gasteiger partial charge in [0.05, 0.1) is 0 Å². The van der Waals surface area contributed by atoms with Crippen LogP contribution in [0.3, 0.4) is 0 Å². The molecule has 1 saturated heterocycles. The first kappa shape index (κ1) is 8.89. The molecule has 1 aliphatic heterocycles. The standard InChI is InChI=1S/C10H19NS/c1-8-3-2-4-10(8)11-9-5-6-12-7-9/h8-11H,2-7H2,1H3. The highest BCUT2D eigenvalue weighted by atomic mass is 32.2. The molecule has 0 radical (unpaired) electrons. The van der Waals surface area contributed by atoms with Crippen LogP contribution in [-0.4, -0.2) is 23.6 Å². The van der Waals surface area contributed by atoms with E-state index in [2.05, 4.69) is 24.0 Å². The average Bonchev–Trinajstić information content (AvgIpc) is 2.65. The molecule has 1 aliphatic carbocycles. The second-order valence-corrected chi connectivity index (χ2v) is 5.39. The summed E-state index contributed by atoms with van der Waals surface area (Å²) in [6.07, 6.45) is 5.70. The number of thioether (sulfide) groups is 1. The molecule has 0 aromatic heterocycles. The van der Waals surface area contributed by atoms with Gasteiger partial charge < -0.3 is 5.32 Å². The zero-order valence-electron chi connectivity index (χ0n) is 7.88. The maximum absolute atomic E-state index is 3.81. The van der Waals surface area contributed by atoms with Gasteiger partial charge in [0.2, 0.25) is 0 Å². The Labute approximate surface area is 79.7 Å². The van der Waals surface area contributed by atoms with Crippen molar-refractivity contribution in [3.63, 3.8) is 0 Å². The van der Waals surface area contributed by atoms with E-state index in [1.807, 2.05) is 0 Å². The van der Waals surface area contributed by atoms with Crippen molar-refractivity contribution in [2.24, 2.45) is 5.92 Å². The molecule has 12 heavy (non-hydrogen) atoms. The Hall–Kier alpha value is 0.310. The third kappa shape index (κ3) is 1.97. The van der Waals surface area contributed by atoms with Gasteiger partial charge in [0.1, 0.15) is 0 Å². The van der Waals surface area contributed by atoms with E-state index in [1.165, 1.54) is 37.2 Å². The second kappa shape index (κ2) is 4.01. The number of nitrogens with one attached hydrogen (secondary N) is 1. The van der Waals surface area contributed by atoms with Gasteiger partial charge in [-0.2, -0.15) is 11.8 Å². The van der Waals surface area contributed by atoms with Crippen LogP contribution in [0, 0.1) is 5.92 Å². The van der Waals surface area contributed by atoms with Gasteiger partial charge >= 0.3 is 0 Å². The molecule has 3 unspecified atom stereocenters. The molecular weight excluding hydrogens is 166 g/mol. The molecule has 2 fully saturated rings. The second-order valence-electron chi connectivity index (χ2n) is 4.24. The Morgan fingerprint density at radius 1 is 1.25 bits per heavy atom. The predicted octanol–water partition coefficient (Wildman–Crippen LogP) is 2.27. The maximum Gasteiger partial charge on any atom is 0.0168 e. The first-order valence-electron chi connectivity index (χ1n) is 5.20. The van der Waals surface area contributed by atoms with E-state index < -0.39 is 0 Å². The molecule has 2 aliphatic rings. The summed E-state index contributed by atoms with van der Waals surface area (Å²) in [6.45, 7) is 2.40. The van der Waals surface area contributed by atoms with Crippen LogP contribution in [-0.2, 0) is 0 Å². The lowest BCUT2D eigenvalue weighted by Crippen LogP contribution is -2.39. The summed E-state index contributed by atoms with van der Waals surface area (Å²) >= 11 is 2.10. The third-order valence-corrected chi connectivity index (χ3v) is 4.40. The van der Waals surface area contributed by atoms with Gasteiger partial charge in [0.15, 0.2) is 0 Å². The molecular formula is C10H19NS. The molecule has 0 aromatic carbocycles. The van der Waals surface area contributed by atoms with E-state index in [9.17, 15) is 0 Å². The van der Waals surface area contributed by atoms with Gasteiger partial charge in [-0.25, -0.2) is 0 Å². The Kier molecular flexibility index (Phi) is 2.97. The SMILES string of the molecule is CC1CCCC1NC1CCSC1. The van der Waals surface area contributed by atoms with Crippen LogP contribution in [0.15, 0.2) is 0 Å². The normalized spacial score (nSPS) is 42.2. The summed E-state index contributed by atoms with van der Waals surface area (Å²) < 4.78 is 0. The molecule has 1 heterocycles. The average molecular weight is 185 g/mol. The lowest BCUT2D eigenvalue weighted by molar-refractivity contribution is 0.386. The molecule has 0 aromatic rings. The molecule has 1 saturated carbocycles. The van der Waals surface area contributed by atoms with Crippen LogP contribution in [0.5, 0.6) is 0 Å². The van der Waals surface area contributed by atoms with Crippen LogP contribution in [0.1, 0.15) is 32.6 Å². The topological polar surface area (TPSA) is 12.0 Å². The van der Waals surface area contributed by atoms with E-state index in [4.69, 9.17) is 0 Å². The minimum atomic E-state index is 0.834. The first-order chi connectivity index (χ1) is 5.86. The maximum atomic E-state index is 3.81. The van der Waals surface area contributed by atoms with Gasteiger partial charge in [-0.3, -0.25) is 0 Å². The zero-order chi connectivity index (χ0) is 8.39. The number of hydrogen-bond acceptors (Lipinski definition) is 2. The third-order valence-electron chi connectivity index (χ3n) is 3.24.